The number of hydrogen-bond acceptors (Lipinski definition) is 4. The van der Waals surface area contributed by atoms with E-state index in [1.165, 1.54) is 0 Å². The Kier molecular flexibility index (Phi) is 5.38. The Hall–Kier alpha value is -1.59. The van der Waals surface area contributed by atoms with Gasteiger partial charge >= 0.3 is 0 Å². The fourth-order valence-electron chi connectivity index (χ4n) is 2.26. The molecule has 2 rings (SSSR count). The normalized spacial score (nSPS) is 16.1. The van der Waals surface area contributed by atoms with Crippen LogP contribution in [0, 0.1) is 0 Å². The van der Waals surface area contributed by atoms with Crippen LogP contribution in [0.15, 0.2) is 24.3 Å². The standard InChI is InChI=1S/C15H22N2O3/c1-17(12-2-4-13(18)5-3-12)15(19)8-11-20-14-6-9-16-10-7-14/h2-5,14,16,18H,6-11H2,1H3. The number of phenolic OH excluding ortho intramolecular Hbond substituents is 1. The van der Waals surface area contributed by atoms with Crippen molar-refractivity contribution in [3.63, 3.8) is 0 Å². The van der Waals surface area contributed by atoms with Gasteiger partial charge in [-0.1, -0.05) is 0 Å². The molecule has 0 radical (unpaired) electrons. The average molecular weight is 278 g/mol. The van der Waals surface area contributed by atoms with Gasteiger partial charge in [0.1, 0.15) is 5.75 Å². The van der Waals surface area contributed by atoms with E-state index in [1.807, 2.05) is 0 Å². The van der Waals surface area contributed by atoms with Crippen molar-refractivity contribution in [2.24, 2.45) is 0 Å². The van der Waals surface area contributed by atoms with Gasteiger partial charge in [-0.15, -0.1) is 0 Å². The molecule has 1 heterocycles. The van der Waals surface area contributed by atoms with Crippen molar-refractivity contribution in [2.45, 2.75) is 25.4 Å². The molecule has 1 aromatic carbocycles. The molecule has 1 aliphatic heterocycles. The number of carbonyl (C=O) groups is 1. The number of anilines is 1. The van der Waals surface area contributed by atoms with Gasteiger partial charge in [-0.05, 0) is 50.2 Å². The van der Waals surface area contributed by atoms with E-state index >= 15 is 0 Å². The fourth-order valence-corrected chi connectivity index (χ4v) is 2.26. The molecule has 110 valence electrons. The molecule has 2 N–H and O–H groups in total. The van der Waals surface area contributed by atoms with Crippen LogP contribution in [0.1, 0.15) is 19.3 Å². The van der Waals surface area contributed by atoms with Crippen molar-refractivity contribution < 1.29 is 14.6 Å². The van der Waals surface area contributed by atoms with Crippen LogP contribution in [0.4, 0.5) is 5.69 Å². The van der Waals surface area contributed by atoms with Gasteiger partial charge in [0, 0.05) is 12.7 Å². The lowest BCUT2D eigenvalue weighted by molar-refractivity contribution is -0.120. The Morgan fingerprint density at radius 1 is 1.35 bits per heavy atom. The molecular weight excluding hydrogens is 256 g/mol. The fraction of sp³-hybridized carbons (Fsp3) is 0.533. The smallest absolute Gasteiger partial charge is 0.229 e. The van der Waals surface area contributed by atoms with E-state index < -0.39 is 0 Å². The van der Waals surface area contributed by atoms with Gasteiger partial charge in [0.05, 0.1) is 19.1 Å². The predicted octanol–water partition coefficient (Wildman–Crippen LogP) is 1.51. The number of rotatable bonds is 5. The molecule has 0 aliphatic carbocycles. The number of nitrogens with one attached hydrogen (secondary N) is 1. The first-order valence-electron chi connectivity index (χ1n) is 7.05. The van der Waals surface area contributed by atoms with Crippen LogP contribution < -0.4 is 10.2 Å². The van der Waals surface area contributed by atoms with E-state index in [2.05, 4.69) is 5.32 Å². The van der Waals surface area contributed by atoms with Crippen LogP contribution in [-0.2, 0) is 9.53 Å². The highest BCUT2D eigenvalue weighted by atomic mass is 16.5. The molecule has 5 nitrogen and oxygen atoms in total. The van der Waals surface area contributed by atoms with E-state index in [-0.39, 0.29) is 17.8 Å². The van der Waals surface area contributed by atoms with Crippen molar-refractivity contribution in [3.8, 4) is 5.75 Å². The number of nitrogens with zero attached hydrogens (tertiary/aromatic N) is 1. The van der Waals surface area contributed by atoms with Gasteiger partial charge in [-0.25, -0.2) is 0 Å². The molecule has 0 saturated carbocycles. The van der Waals surface area contributed by atoms with Crippen molar-refractivity contribution >= 4 is 11.6 Å². The Morgan fingerprint density at radius 3 is 2.65 bits per heavy atom. The van der Waals surface area contributed by atoms with Gasteiger partial charge in [0.25, 0.3) is 0 Å². The number of phenols is 1. The summed E-state index contributed by atoms with van der Waals surface area (Å²) < 4.78 is 5.73. The second-order valence-corrected chi connectivity index (χ2v) is 5.04. The highest BCUT2D eigenvalue weighted by Gasteiger charge is 2.15. The number of ether oxygens (including phenoxy) is 1. The third-order valence-corrected chi connectivity index (χ3v) is 3.57. The lowest BCUT2D eigenvalue weighted by atomic mass is 10.1. The molecule has 1 amide bonds. The molecule has 1 saturated heterocycles. The third-order valence-electron chi connectivity index (χ3n) is 3.57. The molecule has 1 aromatic rings. The predicted molar refractivity (Wildman–Crippen MR) is 78.0 cm³/mol. The number of benzene rings is 1. The zero-order valence-electron chi connectivity index (χ0n) is 11.8. The van der Waals surface area contributed by atoms with Gasteiger partial charge in [-0.3, -0.25) is 4.79 Å². The minimum absolute atomic E-state index is 0.0182. The van der Waals surface area contributed by atoms with Crippen LogP contribution >= 0.6 is 0 Å². The summed E-state index contributed by atoms with van der Waals surface area (Å²) in [5.41, 5.74) is 0.773. The summed E-state index contributed by atoms with van der Waals surface area (Å²) >= 11 is 0. The van der Waals surface area contributed by atoms with Gasteiger partial charge in [0.15, 0.2) is 0 Å². The molecule has 0 bridgehead atoms. The zero-order valence-corrected chi connectivity index (χ0v) is 11.8. The second kappa shape index (κ2) is 7.26. The minimum Gasteiger partial charge on any atom is -0.508 e. The quantitative estimate of drug-likeness (QED) is 0.857. The summed E-state index contributed by atoms with van der Waals surface area (Å²) in [6.45, 7) is 2.45. The molecule has 1 fully saturated rings. The number of aromatic hydroxyl groups is 1. The maximum Gasteiger partial charge on any atom is 0.229 e. The average Bonchev–Trinajstić information content (AvgIpc) is 2.48. The Morgan fingerprint density at radius 2 is 2.00 bits per heavy atom. The lowest BCUT2D eigenvalue weighted by Gasteiger charge is -2.23. The van der Waals surface area contributed by atoms with Gasteiger partial charge in [0.2, 0.25) is 5.91 Å². The van der Waals surface area contributed by atoms with Crippen LogP contribution in [0.2, 0.25) is 0 Å². The van der Waals surface area contributed by atoms with E-state index in [0.717, 1.165) is 31.6 Å². The van der Waals surface area contributed by atoms with Crippen molar-refractivity contribution in [2.75, 3.05) is 31.6 Å². The molecule has 0 aromatic heterocycles. The summed E-state index contributed by atoms with van der Waals surface area (Å²) in [5, 5.41) is 12.5. The van der Waals surface area contributed by atoms with E-state index in [1.54, 1.807) is 36.2 Å². The topological polar surface area (TPSA) is 61.8 Å². The van der Waals surface area contributed by atoms with Crippen LogP contribution in [0.3, 0.4) is 0 Å². The first kappa shape index (κ1) is 14.8. The maximum atomic E-state index is 12.0. The Labute approximate surface area is 119 Å². The summed E-state index contributed by atoms with van der Waals surface area (Å²) in [6, 6.07) is 6.59. The molecule has 0 spiro atoms. The summed E-state index contributed by atoms with van der Waals surface area (Å²) in [7, 11) is 1.74. The Balaban J connectivity index is 1.74. The molecule has 0 unspecified atom stereocenters. The van der Waals surface area contributed by atoms with E-state index in [4.69, 9.17) is 4.74 Å². The highest BCUT2D eigenvalue weighted by Crippen LogP contribution is 2.18. The molecular formula is C15H22N2O3. The molecule has 0 atom stereocenters. The Bertz CT molecular complexity index is 427. The van der Waals surface area contributed by atoms with Crippen LogP contribution in [-0.4, -0.2) is 43.9 Å². The van der Waals surface area contributed by atoms with E-state index in [0.29, 0.717) is 13.0 Å². The third kappa shape index (κ3) is 4.21. The second-order valence-electron chi connectivity index (χ2n) is 5.04. The highest BCUT2D eigenvalue weighted by molar-refractivity contribution is 5.92. The minimum atomic E-state index is 0.0182. The largest absolute Gasteiger partial charge is 0.508 e. The molecule has 5 heteroatoms. The molecule has 20 heavy (non-hydrogen) atoms. The van der Waals surface area contributed by atoms with Gasteiger partial charge in [-0.2, -0.15) is 0 Å². The SMILES string of the molecule is CN(C(=O)CCOC1CCNCC1)c1ccc(O)cc1. The van der Waals surface area contributed by atoms with Crippen molar-refractivity contribution in [3.05, 3.63) is 24.3 Å². The first-order chi connectivity index (χ1) is 9.66. The number of piperidine rings is 1. The lowest BCUT2D eigenvalue weighted by Crippen LogP contribution is -2.33. The van der Waals surface area contributed by atoms with Gasteiger partial charge < -0.3 is 20.1 Å². The van der Waals surface area contributed by atoms with E-state index in [9.17, 15) is 9.90 Å². The summed E-state index contributed by atoms with van der Waals surface area (Å²) in [6.07, 6.45) is 2.69. The van der Waals surface area contributed by atoms with Crippen molar-refractivity contribution in [1.82, 2.24) is 5.32 Å². The number of carbonyl (C=O) groups excluding carboxylic acids is 1. The molecule has 1 aliphatic rings. The maximum absolute atomic E-state index is 12.0. The summed E-state index contributed by atoms with van der Waals surface area (Å²) in [4.78, 5) is 13.6. The number of amides is 1. The first-order valence-corrected chi connectivity index (χ1v) is 7.05. The van der Waals surface area contributed by atoms with Crippen LogP contribution in [0.5, 0.6) is 5.75 Å². The number of hydrogen-bond donors (Lipinski definition) is 2. The monoisotopic (exact) mass is 278 g/mol. The van der Waals surface area contributed by atoms with Crippen LogP contribution in [0.25, 0.3) is 0 Å². The summed E-state index contributed by atoms with van der Waals surface area (Å²) in [5.74, 6) is 0.216. The zero-order chi connectivity index (χ0) is 14.4. The van der Waals surface area contributed by atoms with Crippen molar-refractivity contribution in [1.29, 1.82) is 0 Å².